The van der Waals surface area contributed by atoms with E-state index in [-0.39, 0.29) is 24.4 Å². The van der Waals surface area contributed by atoms with Crippen molar-refractivity contribution >= 4 is 35.8 Å². The summed E-state index contributed by atoms with van der Waals surface area (Å²) in [5.41, 5.74) is 3.32. The minimum absolute atomic E-state index is 0. The van der Waals surface area contributed by atoms with Crippen LogP contribution in [0, 0.1) is 6.92 Å². The van der Waals surface area contributed by atoms with Crippen LogP contribution in [0.25, 0.3) is 0 Å². The third-order valence-electron chi connectivity index (χ3n) is 3.51. The highest BCUT2D eigenvalue weighted by molar-refractivity contribution is 7.99. The van der Waals surface area contributed by atoms with E-state index in [1.807, 2.05) is 23.9 Å². The molecular weight excluding hydrogens is 320 g/mol. The number of anilines is 1. The summed E-state index contributed by atoms with van der Waals surface area (Å²) in [6.45, 7) is 8.29. The maximum atomic E-state index is 12.2. The van der Waals surface area contributed by atoms with Gasteiger partial charge in [0, 0.05) is 18.0 Å². The average molecular weight is 345 g/mol. The average Bonchev–Trinajstić information content (AvgIpc) is 2.49. The van der Waals surface area contributed by atoms with E-state index < -0.39 is 0 Å². The van der Waals surface area contributed by atoms with Gasteiger partial charge in [-0.3, -0.25) is 4.79 Å². The van der Waals surface area contributed by atoms with Crippen molar-refractivity contribution in [2.75, 3.05) is 25.1 Å². The van der Waals surface area contributed by atoms with E-state index in [4.69, 9.17) is 4.74 Å². The minimum atomic E-state index is -0.258. The lowest BCUT2D eigenvalue weighted by Gasteiger charge is -2.23. The number of amides is 1. The smallest absolute Gasteiger partial charge is 0.243 e. The first kappa shape index (κ1) is 19.3. The largest absolute Gasteiger partial charge is 0.378 e. The van der Waals surface area contributed by atoms with Crippen molar-refractivity contribution in [2.45, 2.75) is 37.8 Å². The Morgan fingerprint density at radius 3 is 2.91 bits per heavy atom. The lowest BCUT2D eigenvalue weighted by molar-refractivity contribution is -0.120. The molecule has 0 aromatic heterocycles. The molecule has 124 valence electrons. The van der Waals surface area contributed by atoms with Crippen LogP contribution in [0.5, 0.6) is 0 Å². The molecule has 2 rings (SSSR count). The van der Waals surface area contributed by atoms with Crippen LogP contribution in [-0.4, -0.2) is 37.0 Å². The first-order valence-corrected chi connectivity index (χ1v) is 8.45. The van der Waals surface area contributed by atoms with Gasteiger partial charge in [-0.05, 0) is 29.4 Å². The Hall–Kier alpha value is -0.750. The molecule has 1 aromatic rings. The quantitative estimate of drug-likeness (QED) is 0.862. The number of carbonyl (C=O) groups is 1. The monoisotopic (exact) mass is 344 g/mol. The molecule has 0 radical (unpaired) electrons. The maximum Gasteiger partial charge on any atom is 0.243 e. The zero-order valence-corrected chi connectivity index (χ0v) is 15.0. The predicted octanol–water partition coefficient (Wildman–Crippen LogP) is 2.99. The molecule has 1 aromatic carbocycles. The van der Waals surface area contributed by atoms with Gasteiger partial charge in [0.2, 0.25) is 5.91 Å². The summed E-state index contributed by atoms with van der Waals surface area (Å²) >= 11 is 1.91. The molecule has 2 N–H and O–H groups in total. The molecule has 1 fully saturated rings. The number of hydrogen-bond acceptors (Lipinski definition) is 4. The molecule has 1 saturated heterocycles. The highest BCUT2D eigenvalue weighted by Crippen LogP contribution is 2.25. The second kappa shape index (κ2) is 9.40. The molecule has 1 aliphatic rings. The summed E-state index contributed by atoms with van der Waals surface area (Å²) in [4.78, 5) is 12.2. The highest BCUT2D eigenvalue weighted by atomic mass is 35.5. The maximum absolute atomic E-state index is 12.2. The Morgan fingerprint density at radius 1 is 1.50 bits per heavy atom. The van der Waals surface area contributed by atoms with E-state index in [0.717, 1.165) is 23.5 Å². The Bertz CT molecular complexity index is 491. The normalized spacial score (nSPS) is 17.9. The topological polar surface area (TPSA) is 50.4 Å². The predicted molar refractivity (Wildman–Crippen MR) is 96.1 cm³/mol. The van der Waals surface area contributed by atoms with Crippen molar-refractivity contribution < 1.29 is 9.53 Å². The molecular formula is C16H25ClN2O2S. The van der Waals surface area contributed by atoms with Gasteiger partial charge in [-0.1, -0.05) is 26.0 Å². The molecule has 6 heteroatoms. The summed E-state index contributed by atoms with van der Waals surface area (Å²) < 4.78 is 5.33. The number of thioether (sulfide) groups is 1. The van der Waals surface area contributed by atoms with Gasteiger partial charge in [-0.2, -0.15) is 11.8 Å². The van der Waals surface area contributed by atoms with Gasteiger partial charge in [0.15, 0.2) is 0 Å². The third-order valence-corrected chi connectivity index (χ3v) is 4.66. The van der Waals surface area contributed by atoms with Crippen LogP contribution in [0.2, 0.25) is 0 Å². The summed E-state index contributed by atoms with van der Waals surface area (Å²) in [7, 11) is 0. The van der Waals surface area contributed by atoms with Crippen molar-refractivity contribution in [1.29, 1.82) is 0 Å². The van der Waals surface area contributed by atoms with Gasteiger partial charge in [0.25, 0.3) is 0 Å². The summed E-state index contributed by atoms with van der Waals surface area (Å²) in [6.07, 6.45) is 0. The first-order valence-electron chi connectivity index (χ1n) is 7.40. The number of benzene rings is 1. The number of halogens is 1. The second-order valence-electron chi connectivity index (χ2n) is 5.52. The molecule has 22 heavy (non-hydrogen) atoms. The molecule has 1 aliphatic heterocycles. The van der Waals surface area contributed by atoms with E-state index in [0.29, 0.717) is 18.5 Å². The summed E-state index contributed by atoms with van der Waals surface area (Å²) in [5.74, 6) is 0.948. The standard InChI is InChI=1S/C16H24N2O2S.ClH/c1-11(2)21-10-13-5-4-6-14(12(13)3)18-16(19)15-9-20-8-7-17-15;/h4-6,11,15,17H,7-10H2,1-3H3,(H,18,19);1H. The van der Waals surface area contributed by atoms with E-state index in [1.165, 1.54) is 5.56 Å². The lowest BCUT2D eigenvalue weighted by atomic mass is 10.1. The minimum Gasteiger partial charge on any atom is -0.378 e. The Balaban J connectivity index is 0.00000242. The van der Waals surface area contributed by atoms with Crippen molar-refractivity contribution in [3.8, 4) is 0 Å². The van der Waals surface area contributed by atoms with Crippen molar-refractivity contribution in [2.24, 2.45) is 0 Å². The fraction of sp³-hybridized carbons (Fsp3) is 0.562. The number of ether oxygens (including phenoxy) is 1. The summed E-state index contributed by atoms with van der Waals surface area (Å²) in [5, 5.41) is 6.79. The SMILES string of the molecule is Cc1c(CSC(C)C)cccc1NC(=O)C1COCCN1.Cl. The van der Waals surface area contributed by atoms with E-state index in [9.17, 15) is 4.79 Å². The third kappa shape index (κ3) is 5.47. The number of carbonyl (C=O) groups excluding carboxylic acids is 1. The van der Waals surface area contributed by atoms with Crippen LogP contribution < -0.4 is 10.6 Å². The molecule has 0 bridgehead atoms. The van der Waals surface area contributed by atoms with Gasteiger partial charge in [0.05, 0.1) is 13.2 Å². The van der Waals surface area contributed by atoms with Gasteiger partial charge in [0.1, 0.15) is 6.04 Å². The molecule has 1 amide bonds. The van der Waals surface area contributed by atoms with Crippen molar-refractivity contribution in [1.82, 2.24) is 5.32 Å². The van der Waals surface area contributed by atoms with E-state index >= 15 is 0 Å². The van der Waals surface area contributed by atoms with E-state index in [2.05, 4.69) is 37.5 Å². The van der Waals surface area contributed by atoms with Gasteiger partial charge in [-0.25, -0.2) is 0 Å². The first-order chi connectivity index (χ1) is 10.1. The Labute approximate surface area is 143 Å². The van der Waals surface area contributed by atoms with Crippen LogP contribution in [0.4, 0.5) is 5.69 Å². The van der Waals surface area contributed by atoms with Gasteiger partial charge in [-0.15, -0.1) is 12.4 Å². The number of rotatable bonds is 5. The second-order valence-corrected chi connectivity index (χ2v) is 7.09. The van der Waals surface area contributed by atoms with Crippen LogP contribution in [0.3, 0.4) is 0 Å². The molecule has 1 atom stereocenters. The van der Waals surface area contributed by atoms with Gasteiger partial charge < -0.3 is 15.4 Å². The fourth-order valence-electron chi connectivity index (χ4n) is 2.19. The lowest BCUT2D eigenvalue weighted by Crippen LogP contribution is -2.48. The Morgan fingerprint density at radius 2 is 2.27 bits per heavy atom. The molecule has 1 heterocycles. The molecule has 1 unspecified atom stereocenters. The highest BCUT2D eigenvalue weighted by Gasteiger charge is 2.21. The van der Waals surface area contributed by atoms with Crippen molar-refractivity contribution in [3.63, 3.8) is 0 Å². The zero-order chi connectivity index (χ0) is 15.2. The molecule has 0 saturated carbocycles. The number of hydrogen-bond donors (Lipinski definition) is 2. The zero-order valence-electron chi connectivity index (χ0n) is 13.3. The van der Waals surface area contributed by atoms with Crippen molar-refractivity contribution in [3.05, 3.63) is 29.3 Å². The van der Waals surface area contributed by atoms with Crippen LogP contribution in [0.1, 0.15) is 25.0 Å². The van der Waals surface area contributed by atoms with E-state index in [1.54, 1.807) is 0 Å². The van der Waals surface area contributed by atoms with Crippen LogP contribution >= 0.6 is 24.2 Å². The number of nitrogens with one attached hydrogen (secondary N) is 2. The molecule has 4 nitrogen and oxygen atoms in total. The van der Waals surface area contributed by atoms with Gasteiger partial charge >= 0.3 is 0 Å². The number of morpholine rings is 1. The Kier molecular flexibility index (Phi) is 8.25. The van der Waals surface area contributed by atoms with Crippen LogP contribution in [0.15, 0.2) is 18.2 Å². The summed E-state index contributed by atoms with van der Waals surface area (Å²) in [6, 6.07) is 5.83. The fourth-order valence-corrected chi connectivity index (χ4v) is 3.01. The molecule has 0 spiro atoms. The molecule has 0 aliphatic carbocycles. The van der Waals surface area contributed by atoms with Crippen LogP contribution in [-0.2, 0) is 15.3 Å².